The van der Waals surface area contributed by atoms with Gasteiger partial charge in [0.05, 0.1) is 0 Å². The maximum Gasteiger partial charge on any atom is 0.319 e. The molecule has 0 atom stereocenters. The molecule has 0 aromatic heterocycles. The minimum Gasteiger partial charge on any atom is -0.334 e. The van der Waals surface area contributed by atoms with E-state index in [-0.39, 0.29) is 6.03 Å². The predicted octanol–water partition coefficient (Wildman–Crippen LogP) is 3.17. The van der Waals surface area contributed by atoms with Gasteiger partial charge in [-0.1, -0.05) is 41.6 Å². The number of allylic oxidation sites excluding steroid dienone is 1. The lowest BCUT2D eigenvalue weighted by Crippen LogP contribution is -2.34. The Balaban J connectivity index is 2.40. The Kier molecular flexibility index (Phi) is 5.05. The molecule has 0 radical (unpaired) electrons. The first-order valence-corrected chi connectivity index (χ1v) is 5.88. The van der Waals surface area contributed by atoms with E-state index < -0.39 is 0 Å². The molecule has 0 heterocycles. The van der Waals surface area contributed by atoms with Gasteiger partial charge in [-0.05, 0) is 24.1 Å². The Hall–Kier alpha value is -1.29. The Morgan fingerprint density at radius 3 is 2.88 bits per heavy atom. The lowest BCUT2D eigenvalue weighted by Gasteiger charge is -2.08. The first-order chi connectivity index (χ1) is 7.61. The zero-order chi connectivity index (χ0) is 12.0. The summed E-state index contributed by atoms with van der Waals surface area (Å²) in [6.07, 6.45) is 0.740. The molecular weight excluding hydrogens is 268 g/mol. The van der Waals surface area contributed by atoms with Crippen molar-refractivity contribution < 1.29 is 4.79 Å². The minimum atomic E-state index is -0.216. The lowest BCUT2D eigenvalue weighted by atomic mass is 10.2. The fraction of sp³-hybridized carbons (Fsp3) is 0.250. The monoisotopic (exact) mass is 282 g/mol. The number of carbonyl (C=O) groups is 1. The molecule has 16 heavy (non-hydrogen) atoms. The highest BCUT2D eigenvalue weighted by molar-refractivity contribution is 9.10. The van der Waals surface area contributed by atoms with Gasteiger partial charge in [-0.3, -0.25) is 0 Å². The largest absolute Gasteiger partial charge is 0.334 e. The van der Waals surface area contributed by atoms with Crippen LogP contribution in [0.3, 0.4) is 0 Å². The summed E-state index contributed by atoms with van der Waals surface area (Å²) < 4.78 is 1.00. The molecular formula is C12H15BrN2O. The second-order valence-corrected chi connectivity index (χ2v) is 4.31. The molecule has 0 bridgehead atoms. The second kappa shape index (κ2) is 6.33. The Morgan fingerprint density at radius 2 is 2.25 bits per heavy atom. The summed E-state index contributed by atoms with van der Waals surface area (Å²) in [5, 5.41) is 5.42. The van der Waals surface area contributed by atoms with Crippen molar-refractivity contribution in [1.82, 2.24) is 10.6 Å². The summed E-state index contributed by atoms with van der Waals surface area (Å²) in [5.41, 5.74) is 1.76. The van der Waals surface area contributed by atoms with Crippen LogP contribution in [-0.4, -0.2) is 6.03 Å². The molecule has 1 aromatic carbocycles. The number of urea groups is 1. The van der Waals surface area contributed by atoms with E-state index in [0.29, 0.717) is 12.2 Å². The van der Waals surface area contributed by atoms with E-state index in [1.54, 1.807) is 0 Å². The van der Waals surface area contributed by atoms with Crippen molar-refractivity contribution in [3.8, 4) is 0 Å². The summed E-state index contributed by atoms with van der Waals surface area (Å²) in [6, 6.07) is 7.59. The van der Waals surface area contributed by atoms with Gasteiger partial charge in [-0.25, -0.2) is 4.79 Å². The summed E-state index contributed by atoms with van der Waals surface area (Å²) in [4.78, 5) is 11.4. The van der Waals surface area contributed by atoms with Crippen molar-refractivity contribution in [2.45, 2.75) is 19.9 Å². The molecule has 0 aliphatic carbocycles. The average Bonchev–Trinajstić information content (AvgIpc) is 2.26. The van der Waals surface area contributed by atoms with Gasteiger partial charge in [0.15, 0.2) is 0 Å². The van der Waals surface area contributed by atoms with Crippen molar-refractivity contribution in [1.29, 1.82) is 0 Å². The zero-order valence-corrected chi connectivity index (χ0v) is 10.8. The number of hydrogen-bond donors (Lipinski definition) is 2. The van der Waals surface area contributed by atoms with Crippen LogP contribution in [0.2, 0.25) is 0 Å². The van der Waals surface area contributed by atoms with Crippen LogP contribution >= 0.6 is 15.9 Å². The van der Waals surface area contributed by atoms with Crippen LogP contribution in [0, 0.1) is 0 Å². The second-order valence-electron chi connectivity index (χ2n) is 3.39. The fourth-order valence-electron chi connectivity index (χ4n) is 1.12. The molecule has 0 aliphatic heterocycles. The van der Waals surface area contributed by atoms with Gasteiger partial charge in [-0.2, -0.15) is 0 Å². The molecule has 3 nitrogen and oxygen atoms in total. The van der Waals surface area contributed by atoms with Crippen LogP contribution in [-0.2, 0) is 6.54 Å². The Labute approximate surface area is 104 Å². The highest BCUT2D eigenvalue weighted by Gasteiger charge is 2.01. The molecule has 2 amide bonds. The molecule has 0 spiro atoms. The predicted molar refractivity (Wildman–Crippen MR) is 68.9 cm³/mol. The van der Waals surface area contributed by atoms with E-state index in [4.69, 9.17) is 0 Å². The van der Waals surface area contributed by atoms with Crippen LogP contribution in [0.1, 0.15) is 18.9 Å². The Morgan fingerprint density at radius 1 is 1.50 bits per heavy atom. The third-order valence-corrected chi connectivity index (χ3v) is 2.55. The van der Waals surface area contributed by atoms with Gasteiger partial charge in [0, 0.05) is 16.7 Å². The van der Waals surface area contributed by atoms with Crippen LogP contribution in [0.25, 0.3) is 0 Å². The number of halogens is 1. The van der Waals surface area contributed by atoms with E-state index in [1.165, 1.54) is 0 Å². The quantitative estimate of drug-likeness (QED) is 0.875. The molecule has 0 fully saturated rings. The van der Waals surface area contributed by atoms with Crippen LogP contribution in [0.15, 0.2) is 41.0 Å². The molecule has 86 valence electrons. The van der Waals surface area contributed by atoms with E-state index in [1.807, 2.05) is 31.2 Å². The van der Waals surface area contributed by atoms with Crippen molar-refractivity contribution in [2.24, 2.45) is 0 Å². The van der Waals surface area contributed by atoms with Crippen molar-refractivity contribution in [3.63, 3.8) is 0 Å². The molecule has 0 unspecified atom stereocenters. The highest BCUT2D eigenvalue weighted by Crippen LogP contribution is 2.11. The Bertz CT molecular complexity index is 390. The number of nitrogens with one attached hydrogen (secondary N) is 2. The van der Waals surface area contributed by atoms with E-state index in [2.05, 4.69) is 33.1 Å². The van der Waals surface area contributed by atoms with Gasteiger partial charge in [0.25, 0.3) is 0 Å². The van der Waals surface area contributed by atoms with Gasteiger partial charge < -0.3 is 10.6 Å². The minimum absolute atomic E-state index is 0.216. The number of amides is 2. The summed E-state index contributed by atoms with van der Waals surface area (Å²) in [6.45, 7) is 6.15. The van der Waals surface area contributed by atoms with E-state index in [0.717, 1.165) is 16.5 Å². The third-order valence-electron chi connectivity index (χ3n) is 2.06. The standard InChI is InChI=1S/C12H15BrN2O/c1-3-9(2)15-12(16)14-8-10-5-4-6-11(13)7-10/h4-7H,2-3,8H2,1H3,(H2,14,15,16). The normalized spacial score (nSPS) is 9.62. The number of carbonyl (C=O) groups excluding carboxylic acids is 1. The SMILES string of the molecule is C=C(CC)NC(=O)NCc1cccc(Br)c1. The topological polar surface area (TPSA) is 41.1 Å². The highest BCUT2D eigenvalue weighted by atomic mass is 79.9. The number of rotatable bonds is 4. The number of hydrogen-bond acceptors (Lipinski definition) is 1. The zero-order valence-electron chi connectivity index (χ0n) is 9.22. The van der Waals surface area contributed by atoms with Gasteiger partial charge in [0.1, 0.15) is 0 Å². The van der Waals surface area contributed by atoms with Crippen LogP contribution in [0.4, 0.5) is 4.79 Å². The first-order valence-electron chi connectivity index (χ1n) is 5.09. The summed E-state index contributed by atoms with van der Waals surface area (Å²) in [7, 11) is 0. The number of benzene rings is 1. The molecule has 1 rings (SSSR count). The van der Waals surface area contributed by atoms with Gasteiger partial charge >= 0.3 is 6.03 Å². The molecule has 0 saturated carbocycles. The van der Waals surface area contributed by atoms with E-state index in [9.17, 15) is 4.79 Å². The third kappa shape index (κ3) is 4.49. The van der Waals surface area contributed by atoms with Gasteiger partial charge in [-0.15, -0.1) is 0 Å². The molecule has 0 aliphatic rings. The molecule has 1 aromatic rings. The van der Waals surface area contributed by atoms with Gasteiger partial charge in [0.2, 0.25) is 0 Å². The van der Waals surface area contributed by atoms with E-state index >= 15 is 0 Å². The summed E-state index contributed by atoms with van der Waals surface area (Å²) in [5.74, 6) is 0. The smallest absolute Gasteiger partial charge is 0.319 e. The summed E-state index contributed by atoms with van der Waals surface area (Å²) >= 11 is 3.38. The van der Waals surface area contributed by atoms with Crippen molar-refractivity contribution in [3.05, 3.63) is 46.6 Å². The average molecular weight is 283 g/mol. The molecule has 2 N–H and O–H groups in total. The molecule has 4 heteroatoms. The van der Waals surface area contributed by atoms with Crippen LogP contribution in [0.5, 0.6) is 0 Å². The lowest BCUT2D eigenvalue weighted by molar-refractivity contribution is 0.242. The maximum absolute atomic E-state index is 11.4. The van der Waals surface area contributed by atoms with Crippen molar-refractivity contribution in [2.75, 3.05) is 0 Å². The maximum atomic E-state index is 11.4. The van der Waals surface area contributed by atoms with Crippen molar-refractivity contribution >= 4 is 22.0 Å². The molecule has 0 saturated heterocycles. The fourth-order valence-corrected chi connectivity index (χ4v) is 1.57. The first kappa shape index (κ1) is 12.8. The van der Waals surface area contributed by atoms with Crippen LogP contribution < -0.4 is 10.6 Å².